The monoisotopic (exact) mass is 345 g/mol. The largest absolute Gasteiger partial charge is 0.398 e. The average Bonchev–Trinajstić information content (AvgIpc) is 2.48. The normalized spacial score (nSPS) is 15.4. The molecule has 5 nitrogen and oxygen atoms in total. The Kier molecular flexibility index (Phi) is 5.30. The van der Waals surface area contributed by atoms with Crippen molar-refractivity contribution in [3.8, 4) is 0 Å². The second-order valence-electron chi connectivity index (χ2n) is 4.82. The fourth-order valence-corrected chi connectivity index (χ4v) is 2.65. The molecule has 2 rings (SSSR count). The van der Waals surface area contributed by atoms with Crippen molar-refractivity contribution in [2.24, 2.45) is 5.10 Å². The number of rotatable bonds is 4. The predicted octanol–water partition coefficient (Wildman–Crippen LogP) is 2.89. The Morgan fingerprint density at radius 1 is 1.35 bits per heavy atom. The molecule has 0 aliphatic carbocycles. The Hall–Kier alpha value is -2.03. The minimum absolute atomic E-state index is 0.169. The van der Waals surface area contributed by atoms with Gasteiger partial charge in [-0.2, -0.15) is 18.3 Å². The maximum Gasteiger partial charge on any atom is 0.398 e. The predicted molar refractivity (Wildman–Crippen MR) is 81.3 cm³/mol. The average molecular weight is 345 g/mol. The lowest BCUT2D eigenvalue weighted by Crippen LogP contribution is -2.34. The van der Waals surface area contributed by atoms with Crippen LogP contribution in [-0.4, -0.2) is 41.5 Å². The standard InChI is InChI=1S/C14H14F3N3O2S/c1-20-12(21)7-6-10(19-20)13(22)18-9-4-2-3-5-11(9)23-8-14(15,16)17/h2-5H,6-8H2,1H3,(H,18,22). The van der Waals surface area contributed by atoms with Crippen LogP contribution in [0.4, 0.5) is 18.9 Å². The van der Waals surface area contributed by atoms with Crippen LogP contribution in [0.2, 0.25) is 0 Å². The number of thioether (sulfide) groups is 1. The van der Waals surface area contributed by atoms with Gasteiger partial charge in [0.15, 0.2) is 0 Å². The topological polar surface area (TPSA) is 61.8 Å². The maximum absolute atomic E-state index is 12.3. The molecule has 0 bridgehead atoms. The Bertz CT molecular complexity index is 646. The van der Waals surface area contributed by atoms with Gasteiger partial charge < -0.3 is 5.32 Å². The molecule has 0 saturated heterocycles. The molecule has 0 spiro atoms. The molecule has 1 aromatic carbocycles. The molecule has 2 amide bonds. The number of carbonyl (C=O) groups is 2. The number of amides is 2. The van der Waals surface area contributed by atoms with Crippen molar-refractivity contribution in [2.75, 3.05) is 18.1 Å². The van der Waals surface area contributed by atoms with Crippen molar-refractivity contribution in [3.05, 3.63) is 24.3 Å². The summed E-state index contributed by atoms with van der Waals surface area (Å²) in [5.41, 5.74) is 0.455. The fraction of sp³-hybridized carbons (Fsp3) is 0.357. The van der Waals surface area contributed by atoms with Crippen LogP contribution in [0.15, 0.2) is 34.3 Å². The number of nitrogens with one attached hydrogen (secondary N) is 1. The highest BCUT2D eigenvalue weighted by atomic mass is 32.2. The third-order valence-electron chi connectivity index (χ3n) is 3.00. The van der Waals surface area contributed by atoms with Crippen LogP contribution in [0.1, 0.15) is 12.8 Å². The minimum Gasteiger partial charge on any atom is -0.320 e. The van der Waals surface area contributed by atoms with Crippen LogP contribution in [-0.2, 0) is 9.59 Å². The Morgan fingerprint density at radius 2 is 2.04 bits per heavy atom. The minimum atomic E-state index is -4.29. The molecule has 9 heteroatoms. The third kappa shape index (κ3) is 4.98. The summed E-state index contributed by atoms with van der Waals surface area (Å²) in [6.45, 7) is 0. The summed E-state index contributed by atoms with van der Waals surface area (Å²) in [5, 5.41) is 7.52. The number of anilines is 1. The molecule has 1 heterocycles. The van der Waals surface area contributed by atoms with E-state index in [0.29, 0.717) is 16.7 Å². The number of carbonyl (C=O) groups excluding carboxylic acids is 2. The summed E-state index contributed by atoms with van der Waals surface area (Å²) in [6, 6.07) is 6.24. The van der Waals surface area contributed by atoms with E-state index in [1.54, 1.807) is 12.1 Å². The van der Waals surface area contributed by atoms with E-state index < -0.39 is 17.8 Å². The molecule has 0 radical (unpaired) electrons. The number of alkyl halides is 3. The number of hydrogen-bond acceptors (Lipinski definition) is 4. The number of benzene rings is 1. The van der Waals surface area contributed by atoms with Gasteiger partial charge in [-0.05, 0) is 12.1 Å². The van der Waals surface area contributed by atoms with Gasteiger partial charge in [0, 0.05) is 24.8 Å². The highest BCUT2D eigenvalue weighted by Crippen LogP contribution is 2.32. The summed E-state index contributed by atoms with van der Waals surface area (Å²) in [5.74, 6) is -1.76. The molecule has 1 aliphatic rings. The lowest BCUT2D eigenvalue weighted by Gasteiger charge is -2.19. The smallest absolute Gasteiger partial charge is 0.320 e. The Morgan fingerprint density at radius 3 is 2.70 bits per heavy atom. The first-order valence-corrected chi connectivity index (χ1v) is 7.69. The first-order chi connectivity index (χ1) is 10.8. The molecular weight excluding hydrogens is 331 g/mol. The van der Waals surface area contributed by atoms with Crippen molar-refractivity contribution < 1.29 is 22.8 Å². The number of para-hydroxylation sites is 1. The van der Waals surface area contributed by atoms with Crippen LogP contribution in [0.25, 0.3) is 0 Å². The van der Waals surface area contributed by atoms with Crippen molar-refractivity contribution in [2.45, 2.75) is 23.9 Å². The van der Waals surface area contributed by atoms with Gasteiger partial charge in [0.2, 0.25) is 5.91 Å². The van der Waals surface area contributed by atoms with Gasteiger partial charge in [0.05, 0.1) is 11.4 Å². The quantitative estimate of drug-likeness (QED) is 0.854. The molecule has 1 aromatic rings. The molecule has 0 saturated carbocycles. The molecule has 23 heavy (non-hydrogen) atoms. The van der Waals surface area contributed by atoms with E-state index in [2.05, 4.69) is 10.4 Å². The van der Waals surface area contributed by atoms with E-state index in [1.165, 1.54) is 19.2 Å². The fourth-order valence-electron chi connectivity index (χ4n) is 1.88. The van der Waals surface area contributed by atoms with Gasteiger partial charge in [-0.25, -0.2) is 5.01 Å². The van der Waals surface area contributed by atoms with Crippen LogP contribution >= 0.6 is 11.8 Å². The molecule has 0 aromatic heterocycles. The van der Waals surface area contributed by atoms with Crippen molar-refractivity contribution in [3.63, 3.8) is 0 Å². The molecule has 124 valence electrons. The summed E-state index contributed by atoms with van der Waals surface area (Å²) >= 11 is 0.599. The van der Waals surface area contributed by atoms with Gasteiger partial charge in [-0.15, -0.1) is 11.8 Å². The van der Waals surface area contributed by atoms with E-state index in [0.717, 1.165) is 5.01 Å². The number of nitrogens with zero attached hydrogens (tertiary/aromatic N) is 2. The molecule has 0 fully saturated rings. The van der Waals surface area contributed by atoms with Crippen molar-refractivity contribution in [1.82, 2.24) is 5.01 Å². The Balaban J connectivity index is 2.09. The zero-order chi connectivity index (χ0) is 17.0. The highest BCUT2D eigenvalue weighted by molar-refractivity contribution is 7.99. The second-order valence-corrected chi connectivity index (χ2v) is 5.84. The molecule has 1 aliphatic heterocycles. The first-order valence-electron chi connectivity index (χ1n) is 6.70. The summed E-state index contributed by atoms with van der Waals surface area (Å²) in [6.07, 6.45) is -3.92. The van der Waals surface area contributed by atoms with Gasteiger partial charge in [-0.3, -0.25) is 9.59 Å². The lowest BCUT2D eigenvalue weighted by atomic mass is 10.1. The van der Waals surface area contributed by atoms with Crippen LogP contribution in [0.5, 0.6) is 0 Å². The SMILES string of the molecule is CN1N=C(C(=O)Nc2ccccc2SCC(F)(F)F)CCC1=O. The van der Waals surface area contributed by atoms with E-state index in [9.17, 15) is 22.8 Å². The second kappa shape index (κ2) is 7.03. The van der Waals surface area contributed by atoms with Gasteiger partial charge in [0.25, 0.3) is 5.91 Å². The molecule has 0 unspecified atom stereocenters. The summed E-state index contributed by atoms with van der Waals surface area (Å²) in [7, 11) is 1.45. The number of halogens is 3. The highest BCUT2D eigenvalue weighted by Gasteiger charge is 2.28. The summed E-state index contributed by atoms with van der Waals surface area (Å²) in [4.78, 5) is 23.8. The van der Waals surface area contributed by atoms with Crippen molar-refractivity contribution >= 4 is 35.0 Å². The van der Waals surface area contributed by atoms with Crippen LogP contribution in [0.3, 0.4) is 0 Å². The number of hydrogen-bond donors (Lipinski definition) is 1. The van der Waals surface area contributed by atoms with Gasteiger partial charge in [0.1, 0.15) is 5.71 Å². The Labute approximate surface area is 134 Å². The zero-order valence-corrected chi connectivity index (χ0v) is 13.0. The molecular formula is C14H14F3N3O2S. The lowest BCUT2D eigenvalue weighted by molar-refractivity contribution is -0.130. The van der Waals surface area contributed by atoms with E-state index in [4.69, 9.17) is 0 Å². The zero-order valence-electron chi connectivity index (χ0n) is 12.2. The van der Waals surface area contributed by atoms with E-state index in [1.807, 2.05) is 0 Å². The van der Waals surface area contributed by atoms with Gasteiger partial charge in [-0.1, -0.05) is 12.1 Å². The third-order valence-corrected chi connectivity index (χ3v) is 4.13. The number of hydrazone groups is 1. The van der Waals surface area contributed by atoms with Crippen molar-refractivity contribution in [1.29, 1.82) is 0 Å². The van der Waals surface area contributed by atoms with Crippen LogP contribution in [0, 0.1) is 0 Å². The molecule has 1 N–H and O–H groups in total. The maximum atomic E-state index is 12.3. The van der Waals surface area contributed by atoms with Gasteiger partial charge >= 0.3 is 6.18 Å². The van der Waals surface area contributed by atoms with Crippen LogP contribution < -0.4 is 5.32 Å². The van der Waals surface area contributed by atoms with E-state index in [-0.39, 0.29) is 30.1 Å². The first kappa shape index (κ1) is 17.3. The summed E-state index contributed by atoms with van der Waals surface area (Å²) < 4.78 is 37.0. The van der Waals surface area contributed by atoms with E-state index >= 15 is 0 Å². The molecule has 0 atom stereocenters.